The van der Waals surface area contributed by atoms with Gasteiger partial charge >= 0.3 is 0 Å². The minimum Gasteiger partial charge on any atom is -0.409 e. The fourth-order valence-electron chi connectivity index (χ4n) is 2.60. The number of likely N-dealkylation sites (N-methyl/N-ethyl adjacent to an activating group) is 1. The van der Waals surface area contributed by atoms with Gasteiger partial charge in [0.1, 0.15) is 5.82 Å². The first-order valence-corrected chi connectivity index (χ1v) is 6.66. The molecule has 1 fully saturated rings. The van der Waals surface area contributed by atoms with Crippen LogP contribution in [0, 0.1) is 5.82 Å². The Morgan fingerprint density at radius 3 is 2.90 bits per heavy atom. The van der Waals surface area contributed by atoms with Gasteiger partial charge in [-0.3, -0.25) is 4.90 Å². The van der Waals surface area contributed by atoms with Crippen LogP contribution in [-0.4, -0.2) is 54.1 Å². The summed E-state index contributed by atoms with van der Waals surface area (Å²) in [5.41, 5.74) is 6.96. The van der Waals surface area contributed by atoms with E-state index < -0.39 is 0 Å². The molecule has 0 amide bonds. The standard InChI is InChI=1S/C14H21FN4O/c1-18(2)12-5-6-19(9-12)8-10-3-4-11(15)7-13(10)14(16)17-20/h3-4,7,12,20H,5-6,8-9H2,1-2H3,(H2,16,17). The van der Waals surface area contributed by atoms with Crippen molar-refractivity contribution in [3.8, 4) is 0 Å². The second kappa shape index (κ2) is 6.19. The van der Waals surface area contributed by atoms with E-state index in [9.17, 15) is 4.39 Å². The van der Waals surface area contributed by atoms with Crippen molar-refractivity contribution in [3.63, 3.8) is 0 Å². The van der Waals surface area contributed by atoms with Crippen LogP contribution < -0.4 is 5.73 Å². The first-order chi connectivity index (χ1) is 9.51. The number of hydrogen-bond donors (Lipinski definition) is 2. The summed E-state index contributed by atoms with van der Waals surface area (Å²) < 4.78 is 13.3. The summed E-state index contributed by atoms with van der Waals surface area (Å²) in [6.45, 7) is 2.64. The predicted octanol–water partition coefficient (Wildman–Crippen LogP) is 1.06. The topological polar surface area (TPSA) is 65.1 Å². The largest absolute Gasteiger partial charge is 0.409 e. The molecule has 0 aromatic heterocycles. The maximum atomic E-state index is 13.3. The summed E-state index contributed by atoms with van der Waals surface area (Å²) in [4.78, 5) is 4.52. The van der Waals surface area contributed by atoms with E-state index in [0.717, 1.165) is 25.1 Å². The molecule has 6 heteroatoms. The van der Waals surface area contributed by atoms with Crippen LogP contribution in [0.1, 0.15) is 17.5 Å². The Labute approximate surface area is 118 Å². The quantitative estimate of drug-likeness (QED) is 0.374. The maximum Gasteiger partial charge on any atom is 0.170 e. The lowest BCUT2D eigenvalue weighted by molar-refractivity contribution is 0.264. The van der Waals surface area contributed by atoms with Crippen LogP contribution in [-0.2, 0) is 6.54 Å². The Morgan fingerprint density at radius 2 is 2.30 bits per heavy atom. The van der Waals surface area contributed by atoms with E-state index in [-0.39, 0.29) is 11.7 Å². The van der Waals surface area contributed by atoms with Crippen molar-refractivity contribution in [2.75, 3.05) is 27.2 Å². The van der Waals surface area contributed by atoms with Crippen molar-refractivity contribution in [3.05, 3.63) is 35.1 Å². The Kier molecular flexibility index (Phi) is 4.57. The molecule has 0 spiro atoms. The van der Waals surface area contributed by atoms with Gasteiger partial charge in [-0.25, -0.2) is 4.39 Å². The number of oxime groups is 1. The van der Waals surface area contributed by atoms with Crippen LogP contribution in [0.15, 0.2) is 23.4 Å². The molecule has 110 valence electrons. The molecule has 1 unspecified atom stereocenters. The van der Waals surface area contributed by atoms with Crippen LogP contribution in [0.25, 0.3) is 0 Å². The van der Waals surface area contributed by atoms with Gasteiger partial charge in [0, 0.05) is 31.2 Å². The van der Waals surface area contributed by atoms with E-state index in [1.165, 1.54) is 12.1 Å². The normalized spacial score (nSPS) is 20.8. The molecule has 5 nitrogen and oxygen atoms in total. The van der Waals surface area contributed by atoms with Gasteiger partial charge in [0.25, 0.3) is 0 Å². The summed E-state index contributed by atoms with van der Waals surface area (Å²) in [5.74, 6) is -0.439. The summed E-state index contributed by atoms with van der Waals surface area (Å²) >= 11 is 0. The van der Waals surface area contributed by atoms with Crippen LogP contribution in [0.3, 0.4) is 0 Å². The van der Waals surface area contributed by atoms with E-state index in [2.05, 4.69) is 29.1 Å². The molecular weight excluding hydrogens is 259 g/mol. The minimum absolute atomic E-state index is 0.0529. The van der Waals surface area contributed by atoms with Gasteiger partial charge in [0.05, 0.1) is 0 Å². The Morgan fingerprint density at radius 1 is 1.55 bits per heavy atom. The molecular formula is C14H21FN4O. The molecule has 1 aromatic carbocycles. The van der Waals surface area contributed by atoms with Crippen LogP contribution in [0.5, 0.6) is 0 Å². The monoisotopic (exact) mass is 280 g/mol. The molecule has 0 radical (unpaired) electrons. The van der Waals surface area contributed by atoms with Gasteiger partial charge in [-0.05, 0) is 38.2 Å². The van der Waals surface area contributed by atoms with Gasteiger partial charge in [-0.1, -0.05) is 11.2 Å². The first kappa shape index (κ1) is 14.7. The molecule has 0 bridgehead atoms. The highest BCUT2D eigenvalue weighted by Gasteiger charge is 2.24. The molecule has 20 heavy (non-hydrogen) atoms. The van der Waals surface area contributed by atoms with Gasteiger partial charge in [0.2, 0.25) is 0 Å². The Bertz CT molecular complexity index is 504. The minimum atomic E-state index is -0.386. The molecule has 1 aliphatic heterocycles. The van der Waals surface area contributed by atoms with E-state index in [0.29, 0.717) is 18.2 Å². The van der Waals surface area contributed by atoms with Crippen molar-refractivity contribution in [1.29, 1.82) is 0 Å². The van der Waals surface area contributed by atoms with Gasteiger partial charge in [0.15, 0.2) is 5.84 Å². The van der Waals surface area contributed by atoms with Crippen LogP contribution in [0.2, 0.25) is 0 Å². The molecule has 0 saturated carbocycles. The zero-order valence-electron chi connectivity index (χ0n) is 11.9. The van der Waals surface area contributed by atoms with Gasteiger partial charge in [-0.2, -0.15) is 0 Å². The fourth-order valence-corrected chi connectivity index (χ4v) is 2.60. The average molecular weight is 280 g/mol. The Hall–Kier alpha value is -1.66. The van der Waals surface area contributed by atoms with Crippen molar-refractivity contribution >= 4 is 5.84 Å². The number of rotatable bonds is 4. The van der Waals surface area contributed by atoms with E-state index in [1.807, 2.05) is 0 Å². The van der Waals surface area contributed by atoms with Crippen LogP contribution in [0.4, 0.5) is 4.39 Å². The molecule has 1 atom stereocenters. The summed E-state index contributed by atoms with van der Waals surface area (Å²) in [5, 5.41) is 11.8. The van der Waals surface area contributed by atoms with E-state index >= 15 is 0 Å². The second-order valence-electron chi connectivity index (χ2n) is 5.43. The lowest BCUT2D eigenvalue weighted by Gasteiger charge is -2.21. The molecule has 1 aromatic rings. The van der Waals surface area contributed by atoms with Crippen LogP contribution >= 0.6 is 0 Å². The molecule has 1 aliphatic rings. The molecule has 1 heterocycles. The average Bonchev–Trinajstić information content (AvgIpc) is 2.88. The third-order valence-corrected chi connectivity index (χ3v) is 3.83. The third-order valence-electron chi connectivity index (χ3n) is 3.83. The number of nitrogens with two attached hydrogens (primary N) is 1. The predicted molar refractivity (Wildman–Crippen MR) is 76.3 cm³/mol. The lowest BCUT2D eigenvalue weighted by Crippen LogP contribution is -2.31. The highest BCUT2D eigenvalue weighted by molar-refractivity contribution is 5.98. The molecule has 3 N–H and O–H groups in total. The molecule has 1 saturated heterocycles. The highest BCUT2D eigenvalue weighted by atomic mass is 19.1. The summed E-state index contributed by atoms with van der Waals surface area (Å²) in [6, 6.07) is 4.96. The Balaban J connectivity index is 2.14. The summed E-state index contributed by atoms with van der Waals surface area (Å²) in [6.07, 6.45) is 1.12. The van der Waals surface area contributed by atoms with Crippen molar-refractivity contribution in [2.45, 2.75) is 19.0 Å². The van der Waals surface area contributed by atoms with E-state index in [1.54, 1.807) is 6.07 Å². The number of nitrogens with zero attached hydrogens (tertiary/aromatic N) is 3. The zero-order valence-corrected chi connectivity index (χ0v) is 11.9. The smallest absolute Gasteiger partial charge is 0.170 e. The lowest BCUT2D eigenvalue weighted by atomic mass is 10.1. The maximum absolute atomic E-state index is 13.3. The zero-order chi connectivity index (χ0) is 14.7. The van der Waals surface area contributed by atoms with Crippen molar-refractivity contribution in [2.24, 2.45) is 10.9 Å². The second-order valence-corrected chi connectivity index (χ2v) is 5.43. The summed E-state index contributed by atoms with van der Waals surface area (Å²) in [7, 11) is 4.15. The number of hydrogen-bond acceptors (Lipinski definition) is 4. The third kappa shape index (κ3) is 3.26. The SMILES string of the molecule is CN(C)C1CCN(Cc2ccc(F)cc2C(N)=NO)C1. The fraction of sp³-hybridized carbons (Fsp3) is 0.500. The van der Waals surface area contributed by atoms with Crippen molar-refractivity contribution < 1.29 is 9.60 Å². The van der Waals surface area contributed by atoms with Gasteiger partial charge in [-0.15, -0.1) is 0 Å². The number of benzene rings is 1. The first-order valence-electron chi connectivity index (χ1n) is 6.66. The number of likely N-dealkylation sites (tertiary alicyclic amines) is 1. The van der Waals surface area contributed by atoms with E-state index in [4.69, 9.17) is 10.9 Å². The number of amidine groups is 1. The van der Waals surface area contributed by atoms with Crippen molar-refractivity contribution in [1.82, 2.24) is 9.80 Å². The van der Waals surface area contributed by atoms with Gasteiger partial charge < -0.3 is 15.8 Å². The molecule has 2 rings (SSSR count). The highest BCUT2D eigenvalue weighted by Crippen LogP contribution is 2.19. The number of halogens is 1. The molecule has 0 aliphatic carbocycles.